The first-order valence-electron chi connectivity index (χ1n) is 30.9. The van der Waals surface area contributed by atoms with Gasteiger partial charge in [-0.05, 0) is 149 Å². The number of hydrogen-bond donors (Lipinski definition) is 0. The Balaban J connectivity index is 1.40. The fourth-order valence-corrected chi connectivity index (χ4v) is 14.1. The molecule has 0 radical (unpaired) electrons. The Morgan fingerprint density at radius 2 is 0.746 bits per heavy atom. The molecular formula is C65H112N4O2+4. The molecule has 2 aromatic rings. The van der Waals surface area contributed by atoms with Gasteiger partial charge in [0.25, 0.3) is 0 Å². The van der Waals surface area contributed by atoms with Crippen LogP contribution in [0.15, 0.2) is 24.3 Å². The molecule has 1 saturated heterocycles. The molecule has 6 heteroatoms. The summed E-state index contributed by atoms with van der Waals surface area (Å²) < 4.78 is 22.9. The van der Waals surface area contributed by atoms with E-state index in [0.29, 0.717) is 12.1 Å². The van der Waals surface area contributed by atoms with Crippen LogP contribution in [0.3, 0.4) is 0 Å². The second-order valence-electron chi connectivity index (χ2n) is 24.8. The third-order valence-electron chi connectivity index (χ3n) is 18.9. The van der Waals surface area contributed by atoms with Crippen LogP contribution >= 0.6 is 0 Å². The summed E-state index contributed by atoms with van der Waals surface area (Å²) in [7, 11) is 0. The molecule has 3 atom stereocenters. The maximum atomic E-state index is 7.59. The minimum atomic E-state index is -1.01. The van der Waals surface area contributed by atoms with Crippen molar-refractivity contribution < 1.29 is 27.6 Å². The highest BCUT2D eigenvalue weighted by Gasteiger charge is 2.76. The molecule has 0 bridgehead atoms. The molecule has 2 fully saturated rings. The number of aryl methyl sites for hydroxylation is 2. The lowest BCUT2D eigenvalue weighted by atomic mass is 9.73. The summed E-state index contributed by atoms with van der Waals surface area (Å²) in [6.07, 6.45) is 38.2. The van der Waals surface area contributed by atoms with E-state index in [-0.39, 0.29) is 10.8 Å². The Kier molecular flexibility index (Phi) is 21.6. The lowest BCUT2D eigenvalue weighted by Crippen LogP contribution is -2.60. The van der Waals surface area contributed by atoms with Gasteiger partial charge in [-0.25, -0.2) is 0 Å². The standard InChI is InChI=1S/C65H112N4O2/c1-13-21-35-63(11,36-22-14-2)57-47-53(9)61-55(49-57)51-66-59-33-29-30-34-60(59)67-52-56-50-58(48-54(10)62(56)71-65(66,67)70-61)64(12,37-31-45-68(39-23-15-3,40-24-16-4)41-25-17-5)38-32-46-69(42-26-18-6,43-27-19-7)44-28-20-8/h47-52,59-60H,13-46H2,1-12H3/q+4. The number of unbranched alkanes of at least 4 members (excludes halogenated alkanes) is 8. The topological polar surface area (TPSA) is 24.5 Å². The smallest absolute Gasteiger partial charge is 0.340 e. The van der Waals surface area contributed by atoms with E-state index in [1.54, 1.807) is 0 Å². The summed E-state index contributed by atoms with van der Waals surface area (Å²) in [6.45, 7) is 39.6. The number of ether oxygens (including phenoxy) is 2. The van der Waals surface area contributed by atoms with Gasteiger partial charge in [-0.2, -0.15) is 0 Å². The van der Waals surface area contributed by atoms with Crippen molar-refractivity contribution in [2.24, 2.45) is 0 Å². The normalized spacial score (nSPS) is 19.8. The lowest BCUT2D eigenvalue weighted by Gasteiger charge is -2.42. The zero-order chi connectivity index (χ0) is 51.1. The van der Waals surface area contributed by atoms with Crippen LogP contribution in [0.25, 0.3) is 0 Å². The number of nitrogens with zero attached hydrogens (tertiary/aromatic N) is 4. The Bertz CT molecular complexity index is 1940. The van der Waals surface area contributed by atoms with Crippen LogP contribution in [0.4, 0.5) is 0 Å². The van der Waals surface area contributed by atoms with Gasteiger partial charge in [0.2, 0.25) is 12.1 Å². The Labute approximate surface area is 438 Å². The average molecular weight is 982 g/mol. The maximum absolute atomic E-state index is 7.59. The van der Waals surface area contributed by atoms with Gasteiger partial charge >= 0.3 is 6.03 Å². The molecule has 2 aromatic carbocycles. The quantitative estimate of drug-likeness (QED) is 0.0516. The molecule has 400 valence electrons. The summed E-state index contributed by atoms with van der Waals surface area (Å²) in [5.41, 5.74) is 8.23. The van der Waals surface area contributed by atoms with Crippen molar-refractivity contribution in [2.45, 2.75) is 279 Å². The number of fused-ring (bicyclic) bond motifs is 5. The first-order chi connectivity index (χ1) is 34.3. The molecule has 1 spiro atoms. The minimum absolute atomic E-state index is 0.0741. The predicted octanol–water partition coefficient (Wildman–Crippen LogP) is 16.5. The highest BCUT2D eigenvalue weighted by atomic mass is 16.7. The highest BCUT2D eigenvalue weighted by Crippen LogP contribution is 2.48. The molecule has 0 aromatic heterocycles. The van der Waals surface area contributed by atoms with Crippen LogP contribution in [-0.4, -0.2) is 101 Å². The van der Waals surface area contributed by atoms with Gasteiger partial charge in [0, 0.05) is 12.8 Å². The van der Waals surface area contributed by atoms with Gasteiger partial charge < -0.3 is 18.4 Å². The van der Waals surface area contributed by atoms with Crippen molar-refractivity contribution in [3.63, 3.8) is 0 Å². The van der Waals surface area contributed by atoms with Crippen LogP contribution in [0.5, 0.6) is 11.5 Å². The Morgan fingerprint density at radius 1 is 0.451 bits per heavy atom. The third kappa shape index (κ3) is 13.4. The van der Waals surface area contributed by atoms with Crippen LogP contribution in [0, 0.1) is 13.8 Å². The van der Waals surface area contributed by atoms with Crippen molar-refractivity contribution in [2.75, 3.05) is 52.4 Å². The second-order valence-corrected chi connectivity index (χ2v) is 24.8. The van der Waals surface area contributed by atoms with E-state index in [4.69, 9.17) is 9.47 Å². The third-order valence-corrected chi connectivity index (χ3v) is 18.9. The van der Waals surface area contributed by atoms with Crippen LogP contribution in [0.1, 0.15) is 270 Å². The van der Waals surface area contributed by atoms with E-state index in [0.717, 1.165) is 11.5 Å². The molecule has 4 aliphatic rings. The molecular weight excluding hydrogens is 869 g/mol. The zero-order valence-electron chi connectivity index (χ0n) is 48.8. The summed E-state index contributed by atoms with van der Waals surface area (Å²) in [6, 6.07) is 9.82. The van der Waals surface area contributed by atoms with Gasteiger partial charge in [-0.1, -0.05) is 155 Å². The largest absolute Gasteiger partial charge is 0.704 e. The Hall–Kier alpha value is -2.70. The molecule has 1 saturated carbocycles. The van der Waals surface area contributed by atoms with Crippen LogP contribution < -0.4 is 9.47 Å². The van der Waals surface area contributed by atoms with Gasteiger partial charge in [0.15, 0.2) is 23.9 Å². The molecule has 6 rings (SSSR count). The highest BCUT2D eigenvalue weighted by molar-refractivity contribution is 5.84. The SMILES string of the molecule is CCCCC(C)(CCCC)c1cc(C)c2c(c1)C=[N+]1C3CCCCC3[N+]3=Cc4cc(C(C)(CCC[N+](CCCC)(CCCC)CCCC)CCC[N+](CCCC)(CCCC)CCCC)cc(C)c4OC13O2. The zero-order valence-corrected chi connectivity index (χ0v) is 48.8. The van der Waals surface area contributed by atoms with Gasteiger partial charge in [0.1, 0.15) is 0 Å². The fraction of sp³-hybridized carbons (Fsp3) is 0.785. The van der Waals surface area contributed by atoms with Crippen LogP contribution in [-0.2, 0) is 10.8 Å². The van der Waals surface area contributed by atoms with Gasteiger partial charge in [-0.3, -0.25) is 0 Å². The van der Waals surface area contributed by atoms with Crippen molar-refractivity contribution in [3.8, 4) is 11.5 Å². The summed E-state index contributed by atoms with van der Waals surface area (Å²) in [5, 5.41) is 0. The van der Waals surface area contributed by atoms with Crippen molar-refractivity contribution in [1.82, 2.24) is 0 Å². The molecule has 6 nitrogen and oxygen atoms in total. The summed E-state index contributed by atoms with van der Waals surface area (Å²) >= 11 is 0. The molecule has 0 amide bonds. The molecule has 1 aliphatic carbocycles. The maximum Gasteiger partial charge on any atom is 0.704 e. The molecule has 71 heavy (non-hydrogen) atoms. The first kappa shape index (κ1) is 57.6. The van der Waals surface area contributed by atoms with Crippen molar-refractivity contribution in [3.05, 3.63) is 57.6 Å². The summed E-state index contributed by atoms with van der Waals surface area (Å²) in [5.74, 6) is 2.01. The number of hydrogen-bond acceptors (Lipinski definition) is 2. The van der Waals surface area contributed by atoms with Crippen molar-refractivity contribution >= 4 is 12.4 Å². The van der Waals surface area contributed by atoms with Crippen molar-refractivity contribution in [1.29, 1.82) is 0 Å². The van der Waals surface area contributed by atoms with Gasteiger partial charge in [0.05, 0.1) is 63.5 Å². The van der Waals surface area contributed by atoms with E-state index < -0.39 is 6.03 Å². The summed E-state index contributed by atoms with van der Waals surface area (Å²) in [4.78, 5) is 0. The minimum Gasteiger partial charge on any atom is -0.340 e. The molecule has 3 aliphatic heterocycles. The lowest BCUT2D eigenvalue weighted by molar-refractivity contribution is -0.929. The second kappa shape index (κ2) is 26.7. The van der Waals surface area contributed by atoms with E-state index in [1.165, 1.54) is 262 Å². The monoisotopic (exact) mass is 981 g/mol. The molecule has 3 unspecified atom stereocenters. The Morgan fingerprint density at radius 3 is 1.06 bits per heavy atom. The number of benzene rings is 2. The molecule has 3 heterocycles. The van der Waals surface area contributed by atoms with Crippen LogP contribution in [0.2, 0.25) is 0 Å². The number of quaternary nitrogens is 2. The van der Waals surface area contributed by atoms with E-state index in [9.17, 15) is 0 Å². The molecule has 0 N–H and O–H groups in total. The van der Waals surface area contributed by atoms with E-state index in [1.807, 2.05) is 0 Å². The van der Waals surface area contributed by atoms with E-state index >= 15 is 0 Å². The fourth-order valence-electron chi connectivity index (χ4n) is 14.1. The van der Waals surface area contributed by atoms with Gasteiger partial charge in [-0.15, -0.1) is 0 Å². The first-order valence-corrected chi connectivity index (χ1v) is 30.9. The predicted molar refractivity (Wildman–Crippen MR) is 304 cm³/mol. The van der Waals surface area contributed by atoms with E-state index in [2.05, 4.69) is 129 Å². The average Bonchev–Trinajstić information content (AvgIpc) is 3.65. The number of rotatable bonds is 34.